The summed E-state index contributed by atoms with van der Waals surface area (Å²) in [5.41, 5.74) is 0.990. The van der Waals surface area contributed by atoms with Gasteiger partial charge in [-0.2, -0.15) is 9.97 Å². The van der Waals surface area contributed by atoms with Crippen molar-refractivity contribution in [3.63, 3.8) is 0 Å². The van der Waals surface area contributed by atoms with Crippen molar-refractivity contribution in [2.45, 2.75) is 39.2 Å². The summed E-state index contributed by atoms with van der Waals surface area (Å²) >= 11 is 6.45. The first-order valence-corrected chi connectivity index (χ1v) is 11.0. The molecule has 2 atom stereocenters. The first kappa shape index (κ1) is 25.4. The number of methoxy groups -OCH3 is 1. The average molecular weight is 460 g/mol. The van der Waals surface area contributed by atoms with Gasteiger partial charge in [-0.1, -0.05) is 37.3 Å². The van der Waals surface area contributed by atoms with Gasteiger partial charge in [-0.05, 0) is 37.3 Å². The van der Waals surface area contributed by atoms with Crippen molar-refractivity contribution in [1.82, 2.24) is 15.0 Å². The fourth-order valence-corrected chi connectivity index (χ4v) is 3.51. The number of hydrogen-bond donors (Lipinski definition) is 2. The van der Waals surface area contributed by atoms with Gasteiger partial charge >= 0.3 is 5.97 Å². The van der Waals surface area contributed by atoms with Gasteiger partial charge in [0.05, 0.1) is 12.7 Å². The van der Waals surface area contributed by atoms with Crippen LogP contribution in [-0.2, 0) is 4.74 Å². The van der Waals surface area contributed by atoms with Crippen LogP contribution in [-0.4, -0.2) is 59.9 Å². The molecule has 0 spiro atoms. The maximum atomic E-state index is 11.9. The highest BCUT2D eigenvalue weighted by Gasteiger charge is 2.25. The van der Waals surface area contributed by atoms with E-state index in [1.165, 1.54) is 13.3 Å². The Morgan fingerprint density at radius 3 is 2.69 bits per heavy atom. The number of nitrogens with one attached hydrogen (secondary N) is 1. The summed E-state index contributed by atoms with van der Waals surface area (Å²) in [6.07, 6.45) is 4.22. The van der Waals surface area contributed by atoms with E-state index in [1.807, 2.05) is 27.9 Å². The minimum atomic E-state index is -0.565. The first-order valence-electron chi connectivity index (χ1n) is 10.6. The number of rotatable bonds is 5. The van der Waals surface area contributed by atoms with Crippen LogP contribution in [0.3, 0.4) is 0 Å². The maximum absolute atomic E-state index is 11.9. The van der Waals surface area contributed by atoms with Crippen molar-refractivity contribution in [2.75, 3.05) is 38.0 Å². The number of carbonyl (C=O) groups excluding carboxylic acids is 1. The Morgan fingerprint density at radius 2 is 2.06 bits per heavy atom. The fraction of sp³-hybridized carbons (Fsp3) is 0.478. The zero-order chi connectivity index (χ0) is 23.7. The van der Waals surface area contributed by atoms with E-state index in [2.05, 4.69) is 32.1 Å². The zero-order valence-corrected chi connectivity index (χ0v) is 19.9. The Bertz CT molecular complexity index is 987. The van der Waals surface area contributed by atoms with Crippen LogP contribution < -0.4 is 10.2 Å². The molecule has 1 saturated carbocycles. The number of halogens is 1. The molecule has 3 rings (SSSR count). The van der Waals surface area contributed by atoms with E-state index in [4.69, 9.17) is 16.3 Å². The molecule has 0 aromatic carbocycles. The second-order valence-corrected chi connectivity index (χ2v) is 7.63. The van der Waals surface area contributed by atoms with Gasteiger partial charge in [0.2, 0.25) is 5.95 Å². The summed E-state index contributed by atoms with van der Waals surface area (Å²) in [6.45, 7) is 4.18. The van der Waals surface area contributed by atoms with E-state index in [9.17, 15) is 9.90 Å². The predicted octanol–water partition coefficient (Wildman–Crippen LogP) is 3.38. The van der Waals surface area contributed by atoms with Gasteiger partial charge in [0, 0.05) is 32.9 Å². The third-order valence-electron chi connectivity index (χ3n) is 4.90. The molecule has 172 valence electrons. The number of ether oxygens (including phenoxy) is 1. The van der Waals surface area contributed by atoms with Crippen LogP contribution in [0.4, 0.5) is 11.8 Å². The monoisotopic (exact) mass is 459 g/mol. The Labute approximate surface area is 194 Å². The summed E-state index contributed by atoms with van der Waals surface area (Å²) < 4.78 is 4.77. The number of aromatic nitrogens is 3. The van der Waals surface area contributed by atoms with Crippen LogP contribution in [0.5, 0.6) is 0 Å². The van der Waals surface area contributed by atoms with Crippen LogP contribution in [0, 0.1) is 17.8 Å². The van der Waals surface area contributed by atoms with Crippen LogP contribution in [0.1, 0.15) is 54.7 Å². The van der Waals surface area contributed by atoms with Gasteiger partial charge in [-0.25, -0.2) is 9.78 Å². The van der Waals surface area contributed by atoms with Crippen molar-refractivity contribution in [1.29, 1.82) is 0 Å². The fourth-order valence-electron chi connectivity index (χ4n) is 3.30. The molecule has 9 heteroatoms. The molecule has 0 bridgehead atoms. The van der Waals surface area contributed by atoms with Crippen LogP contribution >= 0.6 is 11.6 Å². The van der Waals surface area contributed by atoms with Crippen molar-refractivity contribution in [2.24, 2.45) is 5.92 Å². The third-order valence-corrected chi connectivity index (χ3v) is 5.18. The molecule has 2 N–H and O–H groups in total. The second kappa shape index (κ2) is 12.2. The molecule has 2 unspecified atom stereocenters. The van der Waals surface area contributed by atoms with Crippen LogP contribution in [0.2, 0.25) is 5.15 Å². The molecule has 8 nitrogen and oxygen atoms in total. The number of nitrogens with zero attached hydrogens (tertiary/aromatic N) is 4. The van der Waals surface area contributed by atoms with Crippen LogP contribution in [0.15, 0.2) is 18.3 Å². The van der Waals surface area contributed by atoms with E-state index in [1.54, 1.807) is 17.0 Å². The molecule has 32 heavy (non-hydrogen) atoms. The number of pyridine rings is 1. The first-order chi connectivity index (χ1) is 15.4. The van der Waals surface area contributed by atoms with Gasteiger partial charge < -0.3 is 20.1 Å². The smallest absolute Gasteiger partial charge is 0.357 e. The molecule has 1 aliphatic carbocycles. The van der Waals surface area contributed by atoms with Gasteiger partial charge in [0.15, 0.2) is 10.8 Å². The highest BCUT2D eigenvalue weighted by molar-refractivity contribution is 6.31. The van der Waals surface area contributed by atoms with Crippen molar-refractivity contribution in [3.05, 3.63) is 40.3 Å². The summed E-state index contributed by atoms with van der Waals surface area (Å²) in [5.74, 6) is 6.64. The minimum Gasteiger partial charge on any atom is -0.464 e. The van der Waals surface area contributed by atoms with E-state index in [-0.39, 0.29) is 29.4 Å². The third kappa shape index (κ3) is 6.31. The van der Waals surface area contributed by atoms with Crippen molar-refractivity contribution >= 4 is 29.3 Å². The number of carbonyl (C=O) groups is 1. The Balaban J connectivity index is 0.00000176. The Kier molecular flexibility index (Phi) is 9.69. The van der Waals surface area contributed by atoms with E-state index >= 15 is 0 Å². The van der Waals surface area contributed by atoms with E-state index < -0.39 is 5.97 Å². The quantitative estimate of drug-likeness (QED) is 0.398. The SMILES string of the molecule is CC.COC(=O)c1ncccc1C#Cc1c(Cl)nc(N(C)C)nc1NC1CCC(CO)C1. The summed E-state index contributed by atoms with van der Waals surface area (Å²) in [6, 6.07) is 3.54. The normalized spacial score (nSPS) is 16.8. The summed E-state index contributed by atoms with van der Waals surface area (Å²) in [7, 11) is 4.95. The zero-order valence-electron chi connectivity index (χ0n) is 19.1. The van der Waals surface area contributed by atoms with Gasteiger partial charge in [-0.3, -0.25) is 0 Å². The van der Waals surface area contributed by atoms with Gasteiger partial charge in [0.1, 0.15) is 11.4 Å². The lowest BCUT2D eigenvalue weighted by Gasteiger charge is -2.18. The minimum absolute atomic E-state index is 0.130. The molecule has 2 aromatic heterocycles. The van der Waals surface area contributed by atoms with Gasteiger partial charge in [0.25, 0.3) is 0 Å². The predicted molar refractivity (Wildman–Crippen MR) is 126 cm³/mol. The lowest BCUT2D eigenvalue weighted by molar-refractivity contribution is 0.0593. The summed E-state index contributed by atoms with van der Waals surface area (Å²) in [4.78, 5) is 26.7. The van der Waals surface area contributed by atoms with Crippen LogP contribution in [0.25, 0.3) is 0 Å². The lowest BCUT2D eigenvalue weighted by Crippen LogP contribution is -2.20. The average Bonchev–Trinajstić information content (AvgIpc) is 3.27. The molecule has 1 aliphatic rings. The molecule has 0 aliphatic heterocycles. The molecule has 0 radical (unpaired) electrons. The topological polar surface area (TPSA) is 100 Å². The molecule has 2 aromatic rings. The second-order valence-electron chi connectivity index (χ2n) is 7.28. The lowest BCUT2D eigenvalue weighted by atomic mass is 10.1. The van der Waals surface area contributed by atoms with E-state index in [0.717, 1.165) is 19.3 Å². The molecular formula is C23H30ClN5O3. The number of anilines is 2. The largest absolute Gasteiger partial charge is 0.464 e. The van der Waals surface area contributed by atoms with Crippen molar-refractivity contribution in [3.8, 4) is 11.8 Å². The molecule has 1 fully saturated rings. The Hall–Kier alpha value is -2.89. The Morgan fingerprint density at radius 1 is 1.31 bits per heavy atom. The molecular weight excluding hydrogens is 430 g/mol. The number of hydrogen-bond acceptors (Lipinski definition) is 8. The number of aliphatic hydroxyl groups is 1. The standard InChI is InChI=1S/C21H24ClN5O3.C2H6/c1-27(2)21-25-18(22)16(19(26-21)24-15-8-6-13(11-15)12-28)9-7-14-5-4-10-23-17(14)20(29)30-3;1-2/h4-5,10,13,15,28H,6,8,11-12H2,1-3H3,(H,24,25,26);1-2H3. The highest BCUT2D eigenvalue weighted by atomic mass is 35.5. The van der Waals surface area contributed by atoms with Gasteiger partial charge in [-0.15, -0.1) is 0 Å². The number of esters is 1. The summed E-state index contributed by atoms with van der Waals surface area (Å²) in [5, 5.41) is 13.0. The molecule has 2 heterocycles. The molecule has 0 saturated heterocycles. The number of aliphatic hydroxyl groups excluding tert-OH is 1. The molecule has 0 amide bonds. The van der Waals surface area contributed by atoms with E-state index in [0.29, 0.717) is 22.9 Å². The van der Waals surface area contributed by atoms with Crippen molar-refractivity contribution < 1.29 is 14.6 Å². The highest BCUT2D eigenvalue weighted by Crippen LogP contribution is 2.30. The maximum Gasteiger partial charge on any atom is 0.357 e.